The molecular weight excluding hydrogens is 186 g/mol. The highest BCUT2D eigenvalue weighted by Crippen LogP contribution is 2.32. The predicted octanol–water partition coefficient (Wildman–Crippen LogP) is 2.41. The quantitative estimate of drug-likeness (QED) is 0.758. The molecule has 1 N–H and O–H groups in total. The van der Waals surface area contributed by atoms with Gasteiger partial charge in [0.05, 0.1) is 6.10 Å². The Bertz CT molecular complexity index is 207. The smallest absolute Gasteiger partial charge is 0.0695 e. The van der Waals surface area contributed by atoms with Crippen LogP contribution in [-0.2, 0) is 0 Å². The fourth-order valence-electron chi connectivity index (χ4n) is 3.42. The average molecular weight is 211 g/mol. The van der Waals surface area contributed by atoms with Crippen molar-refractivity contribution in [2.75, 3.05) is 6.54 Å². The summed E-state index contributed by atoms with van der Waals surface area (Å²) < 4.78 is 0. The van der Waals surface area contributed by atoms with E-state index in [4.69, 9.17) is 0 Å². The van der Waals surface area contributed by atoms with E-state index in [1.807, 2.05) is 0 Å². The van der Waals surface area contributed by atoms with Crippen molar-refractivity contribution >= 4 is 0 Å². The average Bonchev–Trinajstić information content (AvgIpc) is 2.69. The summed E-state index contributed by atoms with van der Waals surface area (Å²) in [5.41, 5.74) is 0. The van der Waals surface area contributed by atoms with Gasteiger partial charge in [-0.2, -0.15) is 0 Å². The maximum atomic E-state index is 10.1. The molecule has 4 atom stereocenters. The third kappa shape index (κ3) is 2.36. The highest BCUT2D eigenvalue weighted by atomic mass is 16.3. The zero-order valence-electron chi connectivity index (χ0n) is 10.2. The van der Waals surface area contributed by atoms with Crippen LogP contribution in [0.2, 0.25) is 0 Å². The lowest BCUT2D eigenvalue weighted by Crippen LogP contribution is -2.48. The minimum atomic E-state index is -0.0617. The largest absolute Gasteiger partial charge is 0.391 e. The zero-order valence-corrected chi connectivity index (χ0v) is 10.2. The van der Waals surface area contributed by atoms with Crippen molar-refractivity contribution in [2.45, 2.75) is 70.6 Å². The lowest BCUT2D eigenvalue weighted by molar-refractivity contribution is -0.000696. The first-order valence-electron chi connectivity index (χ1n) is 6.66. The molecular formula is C13H25NO. The van der Waals surface area contributed by atoms with Gasteiger partial charge in [0.1, 0.15) is 0 Å². The Morgan fingerprint density at radius 3 is 2.80 bits per heavy atom. The predicted molar refractivity (Wildman–Crippen MR) is 62.8 cm³/mol. The monoisotopic (exact) mass is 211 g/mol. The van der Waals surface area contributed by atoms with Gasteiger partial charge in [0.2, 0.25) is 0 Å². The van der Waals surface area contributed by atoms with Crippen molar-refractivity contribution in [3.05, 3.63) is 0 Å². The third-order valence-electron chi connectivity index (χ3n) is 4.36. The molecule has 0 bridgehead atoms. The van der Waals surface area contributed by atoms with Crippen LogP contribution in [0.3, 0.4) is 0 Å². The van der Waals surface area contributed by atoms with Crippen LogP contribution in [0.5, 0.6) is 0 Å². The topological polar surface area (TPSA) is 23.5 Å². The maximum absolute atomic E-state index is 10.1. The molecule has 0 aromatic rings. The minimum Gasteiger partial charge on any atom is -0.391 e. The first-order valence-corrected chi connectivity index (χ1v) is 6.66. The van der Waals surface area contributed by atoms with Gasteiger partial charge in [-0.15, -0.1) is 0 Å². The summed E-state index contributed by atoms with van der Waals surface area (Å²) in [5, 5.41) is 10.1. The summed E-state index contributed by atoms with van der Waals surface area (Å²) in [6.07, 6.45) is 7.29. The van der Waals surface area contributed by atoms with Crippen molar-refractivity contribution in [3.63, 3.8) is 0 Å². The van der Waals surface area contributed by atoms with Gasteiger partial charge in [-0.1, -0.05) is 13.8 Å². The Morgan fingerprint density at radius 1 is 1.27 bits per heavy atom. The van der Waals surface area contributed by atoms with E-state index in [1.54, 1.807) is 0 Å². The molecule has 2 rings (SSSR count). The number of likely N-dealkylation sites (tertiary alicyclic amines) is 1. The highest BCUT2D eigenvalue weighted by molar-refractivity contribution is 4.91. The van der Waals surface area contributed by atoms with E-state index in [0.29, 0.717) is 6.04 Å². The summed E-state index contributed by atoms with van der Waals surface area (Å²) in [4.78, 5) is 2.60. The Kier molecular flexibility index (Phi) is 3.68. The molecule has 1 heterocycles. The molecule has 1 saturated carbocycles. The van der Waals surface area contributed by atoms with Crippen molar-refractivity contribution in [1.29, 1.82) is 0 Å². The van der Waals surface area contributed by atoms with E-state index >= 15 is 0 Å². The number of nitrogens with zero attached hydrogens (tertiary/aromatic N) is 1. The molecule has 1 aliphatic carbocycles. The van der Waals surface area contributed by atoms with Crippen molar-refractivity contribution in [2.24, 2.45) is 5.92 Å². The summed E-state index contributed by atoms with van der Waals surface area (Å²) >= 11 is 0. The molecule has 2 fully saturated rings. The Morgan fingerprint density at radius 2 is 2.07 bits per heavy atom. The van der Waals surface area contributed by atoms with Gasteiger partial charge >= 0.3 is 0 Å². The van der Waals surface area contributed by atoms with Gasteiger partial charge in [0.25, 0.3) is 0 Å². The fourth-order valence-corrected chi connectivity index (χ4v) is 3.42. The van der Waals surface area contributed by atoms with E-state index in [0.717, 1.165) is 18.4 Å². The fraction of sp³-hybridized carbons (Fsp3) is 1.00. The number of hydrogen-bond donors (Lipinski definition) is 1. The van der Waals surface area contributed by atoms with Crippen LogP contribution in [0.15, 0.2) is 0 Å². The van der Waals surface area contributed by atoms with E-state index in [-0.39, 0.29) is 6.10 Å². The van der Waals surface area contributed by atoms with Gasteiger partial charge < -0.3 is 5.11 Å². The highest BCUT2D eigenvalue weighted by Gasteiger charge is 2.36. The Labute approximate surface area is 93.7 Å². The van der Waals surface area contributed by atoms with E-state index < -0.39 is 0 Å². The van der Waals surface area contributed by atoms with Crippen molar-refractivity contribution in [1.82, 2.24) is 4.90 Å². The molecule has 0 aromatic heterocycles. The number of hydrogen-bond acceptors (Lipinski definition) is 2. The van der Waals surface area contributed by atoms with Gasteiger partial charge in [0, 0.05) is 12.1 Å². The number of aliphatic hydroxyl groups is 1. The minimum absolute atomic E-state index is 0.0617. The standard InChI is InChI=1S/C13H25NO/c1-3-11-5-4-8-14(11)12-9-10(2)6-7-13(12)15/h10-13,15H,3-9H2,1-2H3. The summed E-state index contributed by atoms with van der Waals surface area (Å²) in [6, 6.07) is 1.20. The maximum Gasteiger partial charge on any atom is 0.0695 e. The molecule has 2 aliphatic rings. The van der Waals surface area contributed by atoms with E-state index in [1.165, 1.54) is 38.6 Å². The lowest BCUT2D eigenvalue weighted by atomic mass is 9.84. The third-order valence-corrected chi connectivity index (χ3v) is 4.36. The SMILES string of the molecule is CCC1CCCN1C1CC(C)CCC1O. The normalized spacial score (nSPS) is 43.4. The van der Waals surface area contributed by atoms with Crippen LogP contribution < -0.4 is 0 Å². The summed E-state index contributed by atoms with van der Waals surface area (Å²) in [6.45, 7) is 5.82. The van der Waals surface area contributed by atoms with E-state index in [2.05, 4.69) is 18.7 Å². The Balaban J connectivity index is 2.00. The second-order valence-corrected chi connectivity index (χ2v) is 5.50. The molecule has 88 valence electrons. The molecule has 2 nitrogen and oxygen atoms in total. The zero-order chi connectivity index (χ0) is 10.8. The second-order valence-electron chi connectivity index (χ2n) is 5.50. The van der Waals surface area contributed by atoms with Crippen LogP contribution in [0, 0.1) is 5.92 Å². The molecule has 1 saturated heterocycles. The van der Waals surface area contributed by atoms with Crippen molar-refractivity contribution in [3.8, 4) is 0 Å². The van der Waals surface area contributed by atoms with Crippen LogP contribution in [-0.4, -0.2) is 34.7 Å². The number of aliphatic hydroxyl groups excluding tert-OH is 1. The molecule has 15 heavy (non-hydrogen) atoms. The van der Waals surface area contributed by atoms with Crippen molar-refractivity contribution < 1.29 is 5.11 Å². The second kappa shape index (κ2) is 4.84. The lowest BCUT2D eigenvalue weighted by Gasteiger charge is -2.40. The van der Waals surface area contributed by atoms with Crippen LogP contribution in [0.1, 0.15) is 52.4 Å². The van der Waals surface area contributed by atoms with Gasteiger partial charge in [0.15, 0.2) is 0 Å². The molecule has 0 spiro atoms. The molecule has 4 unspecified atom stereocenters. The van der Waals surface area contributed by atoms with Gasteiger partial charge in [-0.3, -0.25) is 4.90 Å². The van der Waals surface area contributed by atoms with Gasteiger partial charge in [-0.05, 0) is 51.0 Å². The molecule has 0 amide bonds. The van der Waals surface area contributed by atoms with Gasteiger partial charge in [-0.25, -0.2) is 0 Å². The van der Waals surface area contributed by atoms with E-state index in [9.17, 15) is 5.11 Å². The Hall–Kier alpha value is -0.0800. The molecule has 0 aromatic carbocycles. The first-order chi connectivity index (χ1) is 7.22. The number of rotatable bonds is 2. The summed E-state index contributed by atoms with van der Waals surface area (Å²) in [7, 11) is 0. The first kappa shape index (κ1) is 11.4. The molecule has 2 heteroatoms. The van der Waals surface area contributed by atoms with Crippen LogP contribution in [0.4, 0.5) is 0 Å². The van der Waals surface area contributed by atoms with Crippen LogP contribution in [0.25, 0.3) is 0 Å². The summed E-state index contributed by atoms with van der Waals surface area (Å²) in [5.74, 6) is 0.802. The molecule has 0 radical (unpaired) electrons. The molecule has 1 aliphatic heterocycles. The van der Waals surface area contributed by atoms with Crippen LogP contribution >= 0.6 is 0 Å².